The third-order valence-corrected chi connectivity index (χ3v) is 7.50. The maximum atomic E-state index is 12.3. The van der Waals surface area contributed by atoms with Crippen molar-refractivity contribution in [2.75, 3.05) is 12.3 Å². The minimum atomic E-state index is -0.485. The summed E-state index contributed by atoms with van der Waals surface area (Å²) in [6.07, 6.45) is 5.13. The van der Waals surface area contributed by atoms with Crippen LogP contribution in [0.5, 0.6) is 0 Å². The first-order chi connectivity index (χ1) is 15.6. The number of amides is 3. The van der Waals surface area contributed by atoms with Crippen molar-refractivity contribution in [2.24, 2.45) is 0 Å². The van der Waals surface area contributed by atoms with Gasteiger partial charge in [-0.05, 0) is 42.8 Å². The topological polar surface area (TPSA) is 88.9 Å². The van der Waals surface area contributed by atoms with Gasteiger partial charge in [0.25, 0.3) is 0 Å². The van der Waals surface area contributed by atoms with E-state index in [1.54, 1.807) is 11.3 Å². The predicted molar refractivity (Wildman–Crippen MR) is 128 cm³/mol. The van der Waals surface area contributed by atoms with Gasteiger partial charge in [-0.3, -0.25) is 14.7 Å². The molecule has 1 aromatic carbocycles. The molecule has 168 valence electrons. The van der Waals surface area contributed by atoms with Crippen LogP contribution >= 0.6 is 34.7 Å². The highest BCUT2D eigenvalue weighted by atomic mass is 35.5. The SMILES string of the molecule is O=C(CSc1nnc(-c2ccccc2Cl)n1C1CCCC1)NC(=O)NCCc1cccs1. The van der Waals surface area contributed by atoms with E-state index in [9.17, 15) is 9.59 Å². The second kappa shape index (κ2) is 11.0. The molecule has 4 rings (SSSR count). The molecule has 1 saturated carbocycles. The zero-order valence-corrected chi connectivity index (χ0v) is 19.8. The molecule has 1 aliphatic rings. The van der Waals surface area contributed by atoms with Crippen LogP contribution in [0.15, 0.2) is 46.9 Å². The van der Waals surface area contributed by atoms with Crippen molar-refractivity contribution in [3.63, 3.8) is 0 Å². The second-order valence-electron chi connectivity index (χ2n) is 7.52. The molecule has 7 nitrogen and oxygen atoms in total. The number of thiophene rings is 1. The van der Waals surface area contributed by atoms with E-state index in [2.05, 4.69) is 25.4 Å². The number of hydrogen-bond donors (Lipinski definition) is 2. The maximum Gasteiger partial charge on any atom is 0.321 e. The van der Waals surface area contributed by atoms with Crippen LogP contribution in [0.2, 0.25) is 5.02 Å². The van der Waals surface area contributed by atoms with Gasteiger partial charge in [-0.2, -0.15) is 0 Å². The van der Waals surface area contributed by atoms with E-state index >= 15 is 0 Å². The van der Waals surface area contributed by atoms with Gasteiger partial charge in [0.2, 0.25) is 5.91 Å². The summed E-state index contributed by atoms with van der Waals surface area (Å²) in [5.41, 5.74) is 0.829. The van der Waals surface area contributed by atoms with Gasteiger partial charge in [-0.1, -0.05) is 54.4 Å². The largest absolute Gasteiger partial charge is 0.337 e. The Balaban J connectivity index is 1.36. The van der Waals surface area contributed by atoms with Crippen LogP contribution in [-0.4, -0.2) is 39.0 Å². The third-order valence-electron chi connectivity index (χ3n) is 5.29. The molecule has 3 amide bonds. The number of carbonyl (C=O) groups is 2. The highest BCUT2D eigenvalue weighted by molar-refractivity contribution is 7.99. The number of aromatic nitrogens is 3. The number of halogens is 1. The first kappa shape index (κ1) is 22.8. The smallest absolute Gasteiger partial charge is 0.321 e. The fourth-order valence-electron chi connectivity index (χ4n) is 3.78. The summed E-state index contributed by atoms with van der Waals surface area (Å²) in [6.45, 7) is 0.476. The van der Waals surface area contributed by atoms with E-state index in [4.69, 9.17) is 11.6 Å². The molecule has 10 heteroatoms. The lowest BCUT2D eigenvalue weighted by atomic mass is 10.2. The molecule has 0 atom stereocenters. The molecule has 0 unspecified atom stereocenters. The predicted octanol–water partition coefficient (Wildman–Crippen LogP) is 4.94. The van der Waals surface area contributed by atoms with Crippen LogP contribution in [0, 0.1) is 0 Å². The molecule has 0 bridgehead atoms. The Hall–Kier alpha value is -2.36. The van der Waals surface area contributed by atoms with Crippen LogP contribution in [0.25, 0.3) is 11.4 Å². The van der Waals surface area contributed by atoms with Crippen molar-refractivity contribution in [1.29, 1.82) is 0 Å². The third kappa shape index (κ3) is 5.70. The quantitative estimate of drug-likeness (QED) is 0.438. The summed E-state index contributed by atoms with van der Waals surface area (Å²) in [4.78, 5) is 25.5. The molecule has 2 heterocycles. The van der Waals surface area contributed by atoms with Crippen LogP contribution in [0.4, 0.5) is 4.79 Å². The highest BCUT2D eigenvalue weighted by Gasteiger charge is 2.26. The van der Waals surface area contributed by atoms with Crippen molar-refractivity contribution in [1.82, 2.24) is 25.4 Å². The van der Waals surface area contributed by atoms with Gasteiger partial charge in [0.05, 0.1) is 10.8 Å². The van der Waals surface area contributed by atoms with Crippen molar-refractivity contribution < 1.29 is 9.59 Å². The number of rotatable bonds is 8. The molecule has 32 heavy (non-hydrogen) atoms. The van der Waals surface area contributed by atoms with E-state index in [1.165, 1.54) is 16.6 Å². The number of nitrogens with zero attached hydrogens (tertiary/aromatic N) is 3. The average molecular weight is 490 g/mol. The van der Waals surface area contributed by atoms with Gasteiger partial charge in [0.15, 0.2) is 11.0 Å². The van der Waals surface area contributed by atoms with Gasteiger partial charge in [0.1, 0.15) is 0 Å². The summed E-state index contributed by atoms with van der Waals surface area (Å²) in [7, 11) is 0. The molecule has 0 radical (unpaired) electrons. The minimum Gasteiger partial charge on any atom is -0.337 e. The van der Waals surface area contributed by atoms with Crippen molar-refractivity contribution in [2.45, 2.75) is 43.3 Å². The lowest BCUT2D eigenvalue weighted by molar-refractivity contribution is -0.117. The normalized spacial score (nSPS) is 13.9. The zero-order valence-electron chi connectivity index (χ0n) is 17.4. The summed E-state index contributed by atoms with van der Waals surface area (Å²) in [5, 5.41) is 17.1. The second-order valence-corrected chi connectivity index (χ2v) is 9.90. The number of benzene rings is 1. The summed E-state index contributed by atoms with van der Waals surface area (Å²) >= 11 is 9.33. The van der Waals surface area contributed by atoms with Gasteiger partial charge in [0, 0.05) is 23.0 Å². The Morgan fingerprint density at radius 1 is 1.16 bits per heavy atom. The van der Waals surface area contributed by atoms with Crippen LogP contribution in [0.3, 0.4) is 0 Å². The Bertz CT molecular complexity index is 1060. The van der Waals surface area contributed by atoms with Crippen molar-refractivity contribution in [3.05, 3.63) is 51.7 Å². The molecule has 1 aliphatic carbocycles. The number of hydrogen-bond acceptors (Lipinski definition) is 6. The van der Waals surface area contributed by atoms with Gasteiger partial charge >= 0.3 is 6.03 Å². The molecule has 2 aromatic heterocycles. The van der Waals surface area contributed by atoms with Gasteiger partial charge < -0.3 is 5.32 Å². The molecule has 0 spiro atoms. The minimum absolute atomic E-state index is 0.0751. The summed E-state index contributed by atoms with van der Waals surface area (Å²) in [5.74, 6) is 0.423. The first-order valence-corrected chi connectivity index (χ1v) is 12.8. The lowest BCUT2D eigenvalue weighted by Crippen LogP contribution is -2.41. The summed E-state index contributed by atoms with van der Waals surface area (Å²) in [6, 6.07) is 11.4. The van der Waals surface area contributed by atoms with E-state index in [-0.39, 0.29) is 17.7 Å². The van der Waals surface area contributed by atoms with Crippen LogP contribution < -0.4 is 10.6 Å². The average Bonchev–Trinajstić information content (AvgIpc) is 3.54. The monoisotopic (exact) mass is 489 g/mol. The van der Waals surface area contributed by atoms with Crippen molar-refractivity contribution >= 4 is 46.6 Å². The number of imide groups is 1. The number of urea groups is 1. The van der Waals surface area contributed by atoms with Crippen molar-refractivity contribution in [3.8, 4) is 11.4 Å². The molecule has 3 aromatic rings. The van der Waals surface area contributed by atoms with E-state index in [0.29, 0.717) is 16.7 Å². The number of carbonyl (C=O) groups excluding carboxylic acids is 2. The Kier molecular flexibility index (Phi) is 7.83. The Morgan fingerprint density at radius 3 is 2.72 bits per heavy atom. The number of nitrogens with one attached hydrogen (secondary N) is 2. The van der Waals surface area contributed by atoms with E-state index in [0.717, 1.165) is 43.5 Å². The van der Waals surface area contributed by atoms with E-state index < -0.39 is 6.03 Å². The van der Waals surface area contributed by atoms with Gasteiger partial charge in [-0.25, -0.2) is 4.79 Å². The fourth-order valence-corrected chi connectivity index (χ4v) is 5.52. The van der Waals surface area contributed by atoms with Gasteiger partial charge in [-0.15, -0.1) is 21.5 Å². The molecular weight excluding hydrogens is 466 g/mol. The molecule has 0 aliphatic heterocycles. The fraction of sp³-hybridized carbons (Fsp3) is 0.364. The Labute approximate surface area is 200 Å². The van der Waals surface area contributed by atoms with E-state index in [1.807, 2.05) is 41.8 Å². The first-order valence-electron chi connectivity index (χ1n) is 10.5. The molecule has 1 fully saturated rings. The molecule has 2 N–H and O–H groups in total. The molecular formula is C22H24ClN5O2S2. The molecule has 0 saturated heterocycles. The Morgan fingerprint density at radius 2 is 1.97 bits per heavy atom. The highest BCUT2D eigenvalue weighted by Crippen LogP contribution is 2.38. The summed E-state index contributed by atoms with van der Waals surface area (Å²) < 4.78 is 2.10. The lowest BCUT2D eigenvalue weighted by Gasteiger charge is -2.17. The van der Waals surface area contributed by atoms with Crippen LogP contribution in [0.1, 0.15) is 36.6 Å². The zero-order chi connectivity index (χ0) is 22.3. The van der Waals surface area contributed by atoms with Crippen LogP contribution in [-0.2, 0) is 11.2 Å². The number of thioether (sulfide) groups is 1. The maximum absolute atomic E-state index is 12.3. The standard InChI is InChI=1S/C22H24ClN5O2S2/c23-18-10-4-3-9-17(18)20-26-27-22(28(20)15-6-1-2-7-15)32-14-19(29)25-21(30)24-12-11-16-8-5-13-31-16/h3-5,8-10,13,15H,1-2,6-7,11-12,14H2,(H2,24,25,29,30).